The molecule has 0 amide bonds. The predicted octanol–water partition coefficient (Wildman–Crippen LogP) is 0.377. The van der Waals surface area contributed by atoms with Gasteiger partial charge in [0.25, 0.3) is 0 Å². The van der Waals surface area contributed by atoms with Crippen LogP contribution in [0.1, 0.15) is 26.2 Å². The van der Waals surface area contributed by atoms with Crippen LogP contribution < -0.4 is 11.5 Å². The molecule has 0 spiro atoms. The van der Waals surface area contributed by atoms with E-state index in [1.54, 1.807) is 0 Å². The second-order valence-electron chi connectivity index (χ2n) is 2.73. The minimum absolute atomic E-state index is 0.365. The van der Waals surface area contributed by atoms with Crippen LogP contribution in [0, 0.1) is 0 Å². The van der Waals surface area contributed by atoms with E-state index < -0.39 is 0 Å². The molecule has 0 atom stereocenters. The topological polar surface area (TPSA) is 52.0 Å². The first-order valence-corrected chi connectivity index (χ1v) is 5.11. The summed E-state index contributed by atoms with van der Waals surface area (Å²) in [6, 6.07) is 0. The Labute approximate surface area is 74.8 Å². The van der Waals surface area contributed by atoms with Gasteiger partial charge >= 0.3 is 74.9 Å². The van der Waals surface area contributed by atoms with Gasteiger partial charge in [-0.2, -0.15) is 0 Å². The van der Waals surface area contributed by atoms with Crippen molar-refractivity contribution in [2.75, 3.05) is 0 Å². The maximum absolute atomic E-state index is 5.74. The molecule has 0 radical (unpaired) electrons. The van der Waals surface area contributed by atoms with Crippen molar-refractivity contribution >= 4 is 27.9 Å². The van der Waals surface area contributed by atoms with Gasteiger partial charge in [0.05, 0.1) is 0 Å². The van der Waals surface area contributed by atoms with E-state index in [9.17, 15) is 0 Å². The van der Waals surface area contributed by atoms with Gasteiger partial charge in [-0.05, 0) is 0 Å². The van der Waals surface area contributed by atoms with Crippen LogP contribution in [0.15, 0.2) is 0 Å². The Morgan fingerprint density at radius 3 is 2.22 bits per heavy atom. The van der Waals surface area contributed by atoms with E-state index in [0.29, 0.717) is 0 Å². The van der Waals surface area contributed by atoms with Crippen LogP contribution in [-0.2, 0) is 0 Å². The van der Waals surface area contributed by atoms with Crippen LogP contribution in [-0.4, -0.2) is 33.6 Å². The van der Waals surface area contributed by atoms with Crippen LogP contribution >= 0.6 is 0 Å². The molecule has 0 aromatic rings. The first-order valence-electron chi connectivity index (χ1n) is 3.70. The Kier molecular flexibility index (Phi) is 5.17. The molecular weight excluding hydrogens is 123 g/mol. The molecule has 4 N–H and O–H groups in total. The van der Waals surface area contributed by atoms with Gasteiger partial charge in [0.15, 0.2) is 0 Å². The SMILES string of the molecule is CCCC(N)(N)C[CH2][Na]. The number of hydrogen-bond donors (Lipinski definition) is 2. The van der Waals surface area contributed by atoms with E-state index >= 15 is 0 Å². The summed E-state index contributed by atoms with van der Waals surface area (Å²) in [7, 11) is 0. The van der Waals surface area contributed by atoms with E-state index in [-0.39, 0.29) is 5.66 Å². The summed E-state index contributed by atoms with van der Waals surface area (Å²) in [5.74, 6) is 0. The number of hydrogen-bond acceptors (Lipinski definition) is 2. The second kappa shape index (κ2) is 4.69. The molecule has 0 unspecified atom stereocenters. The van der Waals surface area contributed by atoms with Crippen LogP contribution in [0.4, 0.5) is 0 Å². The van der Waals surface area contributed by atoms with Gasteiger partial charge < -0.3 is 0 Å². The van der Waals surface area contributed by atoms with Crippen molar-refractivity contribution < 1.29 is 0 Å². The monoisotopic (exact) mass is 138 g/mol. The second-order valence-corrected chi connectivity index (χ2v) is 3.73. The third-order valence-electron chi connectivity index (χ3n) is 1.43. The fourth-order valence-electron chi connectivity index (χ4n) is 1.06. The molecule has 0 heterocycles. The summed E-state index contributed by atoms with van der Waals surface area (Å²) < 4.78 is 1.22. The normalized spacial score (nSPS) is 12.1. The third kappa shape index (κ3) is 5.37. The van der Waals surface area contributed by atoms with Crippen molar-refractivity contribution in [2.24, 2.45) is 11.5 Å². The first-order chi connectivity index (χ1) is 4.12. The summed E-state index contributed by atoms with van der Waals surface area (Å²) in [4.78, 5) is 0. The minimum atomic E-state index is -0.365. The molecule has 9 heavy (non-hydrogen) atoms. The molecule has 0 fully saturated rings. The predicted molar refractivity (Wildman–Crippen MR) is 41.2 cm³/mol. The van der Waals surface area contributed by atoms with E-state index in [1.807, 2.05) is 0 Å². The average molecular weight is 138 g/mol. The molecule has 0 rings (SSSR count). The van der Waals surface area contributed by atoms with Gasteiger partial charge in [-0.15, -0.1) is 0 Å². The van der Waals surface area contributed by atoms with Crippen molar-refractivity contribution in [3.63, 3.8) is 0 Å². The van der Waals surface area contributed by atoms with Gasteiger partial charge in [0.2, 0.25) is 0 Å². The van der Waals surface area contributed by atoms with E-state index in [4.69, 9.17) is 11.5 Å². The molecule has 3 heteroatoms. The van der Waals surface area contributed by atoms with Crippen molar-refractivity contribution in [3.05, 3.63) is 0 Å². The van der Waals surface area contributed by atoms with Crippen LogP contribution in [0.3, 0.4) is 0 Å². The fourth-order valence-corrected chi connectivity index (χ4v) is 1.99. The molecule has 0 saturated heterocycles. The van der Waals surface area contributed by atoms with Crippen molar-refractivity contribution in [3.8, 4) is 0 Å². The van der Waals surface area contributed by atoms with Crippen LogP contribution in [0.25, 0.3) is 0 Å². The quantitative estimate of drug-likeness (QED) is 0.436. The van der Waals surface area contributed by atoms with Gasteiger partial charge in [-0.25, -0.2) is 0 Å². The zero-order valence-corrected chi connectivity index (χ0v) is 8.48. The summed E-state index contributed by atoms with van der Waals surface area (Å²) in [5, 5.41) is 0. The van der Waals surface area contributed by atoms with E-state index in [2.05, 4.69) is 6.92 Å². The standard InChI is InChI=1S/C6H15N2.Na/c1-3-5-6(7,8)4-2;/h2-5,7-8H2,1H3;. The Morgan fingerprint density at radius 1 is 1.33 bits per heavy atom. The Balaban J connectivity index is 3.43. The zero-order chi connectivity index (χ0) is 7.33. The zero-order valence-electron chi connectivity index (χ0n) is 6.48. The van der Waals surface area contributed by atoms with E-state index in [0.717, 1.165) is 19.3 Å². The molecule has 0 aliphatic carbocycles. The average Bonchev–Trinajstić information content (AvgIpc) is 1.64. The molecule has 0 aliphatic heterocycles. The Hall–Kier alpha value is 0.920. The fraction of sp³-hybridized carbons (Fsp3) is 1.00. The molecule has 0 saturated carbocycles. The Bertz CT molecular complexity index is 65.5. The molecule has 2 nitrogen and oxygen atoms in total. The third-order valence-corrected chi connectivity index (χ3v) is 1.93. The van der Waals surface area contributed by atoms with Crippen LogP contribution in [0.5, 0.6) is 0 Å². The van der Waals surface area contributed by atoms with Gasteiger partial charge in [-0.1, -0.05) is 0 Å². The van der Waals surface area contributed by atoms with Gasteiger partial charge in [0, 0.05) is 0 Å². The summed E-state index contributed by atoms with van der Waals surface area (Å²) in [6.45, 7) is 2.11. The van der Waals surface area contributed by atoms with Crippen molar-refractivity contribution in [2.45, 2.75) is 35.5 Å². The van der Waals surface area contributed by atoms with Crippen molar-refractivity contribution in [1.29, 1.82) is 0 Å². The number of rotatable bonds is 4. The van der Waals surface area contributed by atoms with Gasteiger partial charge in [0.1, 0.15) is 0 Å². The van der Waals surface area contributed by atoms with Crippen molar-refractivity contribution in [1.82, 2.24) is 0 Å². The summed E-state index contributed by atoms with van der Waals surface area (Å²) >= 11 is 1.22. The number of nitrogens with two attached hydrogens (primary N) is 2. The summed E-state index contributed by atoms with van der Waals surface area (Å²) in [6.07, 6.45) is 3.04. The van der Waals surface area contributed by atoms with Gasteiger partial charge in [-0.3, -0.25) is 0 Å². The molecule has 50 valence electrons. The van der Waals surface area contributed by atoms with E-state index in [1.165, 1.54) is 31.6 Å². The molecule has 0 aliphatic rings. The molecule has 0 aromatic carbocycles. The first kappa shape index (κ1) is 9.92. The molecular formula is C6H15N2Na. The van der Waals surface area contributed by atoms with Crippen LogP contribution in [0.2, 0.25) is 3.67 Å². The molecule has 0 aromatic heterocycles. The molecule has 0 bridgehead atoms. The Morgan fingerprint density at radius 2 is 1.89 bits per heavy atom. The summed E-state index contributed by atoms with van der Waals surface area (Å²) in [5.41, 5.74) is 11.1. The maximum atomic E-state index is 5.74.